The maximum atomic E-state index is 11.8. The van der Waals surface area contributed by atoms with E-state index in [-0.39, 0.29) is 13.2 Å². The third-order valence-corrected chi connectivity index (χ3v) is 3.24. The van der Waals surface area contributed by atoms with E-state index >= 15 is 0 Å². The molecule has 0 bridgehead atoms. The van der Waals surface area contributed by atoms with E-state index in [9.17, 15) is 13.8 Å². The minimum atomic E-state index is -3.71. The fourth-order valence-electron chi connectivity index (χ4n) is 0.739. The quantitative estimate of drug-likeness (QED) is 0.606. The molecule has 0 rings (SSSR count). The summed E-state index contributed by atoms with van der Waals surface area (Å²) in [7, 11) is -3.71. The van der Waals surface area contributed by atoms with Gasteiger partial charge in [-0.25, -0.2) is 0 Å². The molecule has 0 radical (unpaired) electrons. The van der Waals surface area contributed by atoms with Gasteiger partial charge < -0.3 is 9.05 Å². The van der Waals surface area contributed by atoms with Gasteiger partial charge in [0.2, 0.25) is 5.52 Å². The maximum Gasteiger partial charge on any atom is 0.396 e. The van der Waals surface area contributed by atoms with Crippen LogP contribution in [0.5, 0.6) is 0 Å². The Morgan fingerprint density at radius 2 is 1.77 bits per heavy atom. The lowest BCUT2D eigenvalue weighted by molar-refractivity contribution is -0.114. The first kappa shape index (κ1) is 12.8. The molecule has 0 aromatic carbocycles. The number of hydrogen-bond acceptors (Lipinski definition) is 4. The van der Waals surface area contributed by atoms with Gasteiger partial charge in [0.1, 0.15) is 0 Å². The van der Waals surface area contributed by atoms with Crippen molar-refractivity contribution in [3.8, 4) is 0 Å². The van der Waals surface area contributed by atoms with Crippen LogP contribution in [0.4, 0.5) is 4.39 Å². The normalized spacial score (nSPS) is 11.6. The summed E-state index contributed by atoms with van der Waals surface area (Å²) in [6.07, 6.45) is -0.419. The van der Waals surface area contributed by atoms with Gasteiger partial charge in [0.25, 0.3) is 0 Å². The number of alkyl halides is 1. The molecular weight excluding hydrogens is 198 g/mol. The average molecular weight is 212 g/mol. The molecule has 78 valence electrons. The molecule has 0 aliphatic rings. The van der Waals surface area contributed by atoms with E-state index in [1.54, 1.807) is 13.8 Å². The molecule has 0 atom stereocenters. The summed E-state index contributed by atoms with van der Waals surface area (Å²) in [6.45, 7) is 2.55. The summed E-state index contributed by atoms with van der Waals surface area (Å²) in [5, 5.41) is 0. The lowest BCUT2D eigenvalue weighted by atomic mass is 10.5. The highest BCUT2D eigenvalue weighted by atomic mass is 31.2. The SMILES string of the molecule is CCOP(=O)(OCC)C(=O)CCF. The van der Waals surface area contributed by atoms with E-state index < -0.39 is 26.2 Å². The van der Waals surface area contributed by atoms with Crippen LogP contribution in [0.3, 0.4) is 0 Å². The van der Waals surface area contributed by atoms with Crippen molar-refractivity contribution in [2.45, 2.75) is 20.3 Å². The van der Waals surface area contributed by atoms with Crippen LogP contribution in [0.25, 0.3) is 0 Å². The van der Waals surface area contributed by atoms with Crippen LogP contribution in [0.2, 0.25) is 0 Å². The van der Waals surface area contributed by atoms with Crippen LogP contribution in [-0.4, -0.2) is 25.4 Å². The standard InChI is InChI=1S/C7H14FO4P/c1-3-11-13(10,12-4-2)7(9)5-6-8/h3-6H2,1-2H3. The Labute approximate surface area is 76.9 Å². The first-order chi connectivity index (χ1) is 6.10. The van der Waals surface area contributed by atoms with Gasteiger partial charge in [0, 0.05) is 6.42 Å². The number of carbonyl (C=O) groups excluding carboxylic acids is 1. The second kappa shape index (κ2) is 6.24. The van der Waals surface area contributed by atoms with Crippen LogP contribution >= 0.6 is 7.60 Å². The lowest BCUT2D eigenvalue weighted by Gasteiger charge is -2.14. The summed E-state index contributed by atoms with van der Waals surface area (Å²) in [4.78, 5) is 11.1. The van der Waals surface area contributed by atoms with Crippen LogP contribution in [0, 0.1) is 0 Å². The Kier molecular flexibility index (Phi) is 6.12. The van der Waals surface area contributed by atoms with E-state index in [2.05, 4.69) is 0 Å². The minimum absolute atomic E-state index is 0.106. The van der Waals surface area contributed by atoms with Gasteiger partial charge in [-0.15, -0.1) is 0 Å². The van der Waals surface area contributed by atoms with Crippen LogP contribution in [-0.2, 0) is 18.4 Å². The Morgan fingerprint density at radius 1 is 1.31 bits per heavy atom. The van der Waals surface area contributed by atoms with E-state index in [1.807, 2.05) is 0 Å². The molecule has 0 saturated carbocycles. The summed E-state index contributed by atoms with van der Waals surface area (Å²) >= 11 is 0. The molecule has 13 heavy (non-hydrogen) atoms. The first-order valence-electron chi connectivity index (χ1n) is 4.09. The Morgan fingerprint density at radius 3 is 2.08 bits per heavy atom. The highest BCUT2D eigenvalue weighted by Crippen LogP contribution is 2.49. The third kappa shape index (κ3) is 3.98. The summed E-state index contributed by atoms with van der Waals surface area (Å²) in [6, 6.07) is 0. The van der Waals surface area contributed by atoms with E-state index in [0.717, 1.165) is 0 Å². The van der Waals surface area contributed by atoms with Crippen molar-refractivity contribution in [2.24, 2.45) is 0 Å². The number of rotatable bonds is 7. The van der Waals surface area contributed by atoms with Crippen molar-refractivity contribution in [2.75, 3.05) is 19.9 Å². The Bertz CT molecular complexity index is 197. The van der Waals surface area contributed by atoms with Crippen molar-refractivity contribution < 1.29 is 22.8 Å². The van der Waals surface area contributed by atoms with Gasteiger partial charge in [-0.2, -0.15) is 0 Å². The molecule has 0 heterocycles. The molecule has 0 aliphatic heterocycles. The summed E-state index contributed by atoms with van der Waals surface area (Å²) in [5.41, 5.74) is -0.793. The Hall–Kier alpha value is -0.250. The van der Waals surface area contributed by atoms with Gasteiger partial charge in [-0.3, -0.25) is 13.8 Å². The number of hydrogen-bond donors (Lipinski definition) is 0. The molecule has 0 saturated heterocycles. The van der Waals surface area contributed by atoms with E-state index in [1.165, 1.54) is 0 Å². The number of halogens is 1. The molecule has 0 aromatic rings. The lowest BCUT2D eigenvalue weighted by Crippen LogP contribution is -2.07. The van der Waals surface area contributed by atoms with Crippen LogP contribution in [0.15, 0.2) is 0 Å². The molecular formula is C7H14FO4P. The zero-order valence-electron chi connectivity index (χ0n) is 7.79. The molecule has 0 unspecified atom stereocenters. The van der Waals surface area contributed by atoms with Gasteiger partial charge in [-0.05, 0) is 13.8 Å². The fourth-order valence-corrected chi connectivity index (χ4v) is 2.14. The molecule has 4 nitrogen and oxygen atoms in total. The minimum Gasteiger partial charge on any atom is -0.303 e. The number of carbonyl (C=O) groups is 1. The summed E-state index contributed by atoms with van der Waals surface area (Å²) < 4.78 is 32.7. The highest BCUT2D eigenvalue weighted by molar-refractivity contribution is 7.71. The maximum absolute atomic E-state index is 11.8. The van der Waals surface area contributed by atoms with Crippen molar-refractivity contribution >= 4 is 13.1 Å². The Balaban J connectivity index is 4.38. The van der Waals surface area contributed by atoms with Crippen molar-refractivity contribution in [3.05, 3.63) is 0 Å². The zero-order chi connectivity index (χ0) is 10.3. The van der Waals surface area contributed by atoms with E-state index in [0.29, 0.717) is 0 Å². The summed E-state index contributed by atoms with van der Waals surface area (Å²) in [5.74, 6) is 0. The molecule has 0 aliphatic carbocycles. The predicted molar refractivity (Wildman–Crippen MR) is 46.5 cm³/mol. The van der Waals surface area contributed by atoms with Gasteiger partial charge >= 0.3 is 7.60 Å². The van der Waals surface area contributed by atoms with Crippen LogP contribution < -0.4 is 0 Å². The molecule has 0 fully saturated rings. The third-order valence-electron chi connectivity index (χ3n) is 1.21. The smallest absolute Gasteiger partial charge is 0.303 e. The van der Waals surface area contributed by atoms with Gasteiger partial charge in [0.15, 0.2) is 0 Å². The molecule has 6 heteroatoms. The largest absolute Gasteiger partial charge is 0.396 e. The second-order valence-electron chi connectivity index (χ2n) is 2.17. The molecule has 0 aromatic heterocycles. The first-order valence-corrected chi connectivity index (χ1v) is 5.63. The highest BCUT2D eigenvalue weighted by Gasteiger charge is 2.33. The van der Waals surface area contributed by atoms with Crippen LogP contribution in [0.1, 0.15) is 20.3 Å². The molecule has 0 N–H and O–H groups in total. The monoisotopic (exact) mass is 212 g/mol. The van der Waals surface area contributed by atoms with Crippen molar-refractivity contribution in [1.82, 2.24) is 0 Å². The van der Waals surface area contributed by atoms with Gasteiger partial charge in [-0.1, -0.05) is 0 Å². The topological polar surface area (TPSA) is 52.6 Å². The van der Waals surface area contributed by atoms with Gasteiger partial charge in [0.05, 0.1) is 19.9 Å². The van der Waals surface area contributed by atoms with Crippen molar-refractivity contribution in [3.63, 3.8) is 0 Å². The zero-order valence-corrected chi connectivity index (χ0v) is 8.68. The fraction of sp³-hybridized carbons (Fsp3) is 0.857. The van der Waals surface area contributed by atoms with E-state index in [4.69, 9.17) is 9.05 Å². The molecule has 0 spiro atoms. The molecule has 0 amide bonds. The van der Waals surface area contributed by atoms with Crippen molar-refractivity contribution in [1.29, 1.82) is 0 Å². The average Bonchev–Trinajstić information content (AvgIpc) is 2.05. The predicted octanol–water partition coefficient (Wildman–Crippen LogP) is 2.14. The second-order valence-corrected chi connectivity index (χ2v) is 4.18.